The first-order chi connectivity index (χ1) is 14.8. The predicted molar refractivity (Wildman–Crippen MR) is 108 cm³/mol. The Morgan fingerprint density at radius 1 is 0.968 bits per heavy atom. The van der Waals surface area contributed by atoms with Crippen LogP contribution in [0.2, 0.25) is 0 Å². The molecule has 10 heteroatoms. The van der Waals surface area contributed by atoms with Crippen LogP contribution >= 0.6 is 11.3 Å². The first kappa shape index (κ1) is 22.4. The topological polar surface area (TPSA) is 71.1 Å². The number of amides is 2. The molecule has 1 heterocycles. The van der Waals surface area contributed by atoms with E-state index in [1.807, 2.05) is 0 Å². The molecule has 0 fully saturated rings. The van der Waals surface area contributed by atoms with Gasteiger partial charge in [0.1, 0.15) is 23.3 Å². The van der Waals surface area contributed by atoms with Gasteiger partial charge in [0.2, 0.25) is 5.91 Å². The van der Waals surface area contributed by atoms with Gasteiger partial charge in [-0.05, 0) is 30.2 Å². The molecule has 0 unspecified atom stereocenters. The third-order valence-electron chi connectivity index (χ3n) is 4.22. The van der Waals surface area contributed by atoms with Gasteiger partial charge in [-0.2, -0.15) is 0 Å². The zero-order valence-corrected chi connectivity index (χ0v) is 16.9. The summed E-state index contributed by atoms with van der Waals surface area (Å²) in [5.74, 6) is -4.08. The van der Waals surface area contributed by atoms with E-state index < -0.39 is 29.2 Å². The fourth-order valence-electron chi connectivity index (χ4n) is 2.70. The smallest absolute Gasteiger partial charge is 0.254 e. The maximum Gasteiger partial charge on any atom is 0.254 e. The largest absolute Gasteiger partial charge is 0.352 e. The van der Waals surface area contributed by atoms with Crippen molar-refractivity contribution < 1.29 is 27.2 Å². The summed E-state index contributed by atoms with van der Waals surface area (Å²) in [5, 5.41) is 5.40. The Hall–Kier alpha value is -3.27. The van der Waals surface area contributed by atoms with E-state index in [1.54, 1.807) is 0 Å². The minimum Gasteiger partial charge on any atom is -0.352 e. The summed E-state index contributed by atoms with van der Waals surface area (Å²) in [6.45, 7) is 0.121. The van der Waals surface area contributed by atoms with Crippen LogP contribution in [-0.2, 0) is 11.2 Å². The summed E-state index contributed by atoms with van der Waals surface area (Å²) in [5.41, 5.74) is 0.0371. The SMILES string of the molecule is O=C(CCCNC(=O)c1ccc(F)cc1F)Nc1ncc(Cc2ccc(F)cc2F)s1. The molecule has 0 saturated carbocycles. The molecule has 1 aromatic heterocycles. The number of anilines is 1. The van der Waals surface area contributed by atoms with Crippen molar-refractivity contribution in [3.63, 3.8) is 0 Å². The average Bonchev–Trinajstić information content (AvgIpc) is 3.14. The molecular weight excluding hydrogens is 434 g/mol. The van der Waals surface area contributed by atoms with Gasteiger partial charge in [0.05, 0.1) is 5.56 Å². The Morgan fingerprint density at radius 2 is 1.68 bits per heavy atom. The van der Waals surface area contributed by atoms with Gasteiger partial charge in [0, 0.05) is 42.6 Å². The Morgan fingerprint density at radius 3 is 2.39 bits per heavy atom. The number of hydrogen-bond donors (Lipinski definition) is 2. The van der Waals surface area contributed by atoms with E-state index in [4.69, 9.17) is 0 Å². The van der Waals surface area contributed by atoms with Gasteiger partial charge in [0.15, 0.2) is 5.13 Å². The number of halogens is 4. The van der Waals surface area contributed by atoms with E-state index in [0.29, 0.717) is 28.1 Å². The van der Waals surface area contributed by atoms with Gasteiger partial charge in [-0.3, -0.25) is 9.59 Å². The Kier molecular flexibility index (Phi) is 7.35. The van der Waals surface area contributed by atoms with Crippen LogP contribution in [0, 0.1) is 23.3 Å². The fourth-order valence-corrected chi connectivity index (χ4v) is 3.55. The summed E-state index contributed by atoms with van der Waals surface area (Å²) < 4.78 is 53.1. The van der Waals surface area contributed by atoms with E-state index in [9.17, 15) is 27.2 Å². The van der Waals surface area contributed by atoms with E-state index in [2.05, 4.69) is 15.6 Å². The van der Waals surface area contributed by atoms with Crippen LogP contribution < -0.4 is 10.6 Å². The van der Waals surface area contributed by atoms with Crippen LogP contribution in [-0.4, -0.2) is 23.3 Å². The molecule has 0 saturated heterocycles. The van der Waals surface area contributed by atoms with Crippen molar-refractivity contribution in [3.05, 3.63) is 81.9 Å². The molecule has 0 spiro atoms. The fraction of sp³-hybridized carbons (Fsp3) is 0.190. The number of hydrogen-bond acceptors (Lipinski definition) is 4. The lowest BCUT2D eigenvalue weighted by molar-refractivity contribution is -0.116. The standard InChI is InChI=1S/C21H17F4N3O2S/c22-13-4-3-12(17(24)9-13)8-15-11-27-21(31-15)28-19(29)2-1-7-26-20(30)16-6-5-14(23)10-18(16)25/h3-6,9-11H,1-2,7-8H2,(H,26,30)(H,27,28,29). The number of carbonyl (C=O) groups excluding carboxylic acids is 2. The monoisotopic (exact) mass is 451 g/mol. The molecule has 5 nitrogen and oxygen atoms in total. The number of rotatable bonds is 8. The van der Waals surface area contributed by atoms with Crippen molar-refractivity contribution in [2.45, 2.75) is 19.3 Å². The van der Waals surface area contributed by atoms with Gasteiger partial charge < -0.3 is 10.6 Å². The number of thiazole rings is 1. The lowest BCUT2D eigenvalue weighted by atomic mass is 10.1. The molecule has 0 aliphatic heterocycles. The predicted octanol–water partition coefficient (Wildman–Crippen LogP) is 4.44. The molecule has 3 rings (SSSR count). The second-order valence-corrected chi connectivity index (χ2v) is 7.69. The Bertz CT molecular complexity index is 1100. The van der Waals surface area contributed by atoms with Gasteiger partial charge in [-0.15, -0.1) is 11.3 Å². The molecule has 0 aliphatic rings. The first-order valence-corrected chi connectivity index (χ1v) is 10.0. The number of benzene rings is 2. The number of aromatic nitrogens is 1. The van der Waals surface area contributed by atoms with Crippen molar-refractivity contribution in [1.82, 2.24) is 10.3 Å². The Balaban J connectivity index is 1.42. The second-order valence-electron chi connectivity index (χ2n) is 6.58. The van der Waals surface area contributed by atoms with Gasteiger partial charge in [0.25, 0.3) is 5.91 Å². The highest BCUT2D eigenvalue weighted by Crippen LogP contribution is 2.23. The minimum absolute atomic E-state index is 0.0771. The van der Waals surface area contributed by atoms with Gasteiger partial charge in [-0.1, -0.05) is 6.07 Å². The summed E-state index contributed by atoms with van der Waals surface area (Å²) in [6.07, 6.45) is 2.08. The molecular formula is C21H17F4N3O2S. The van der Waals surface area contributed by atoms with Crippen LogP contribution in [0.1, 0.15) is 33.6 Å². The third-order valence-corrected chi connectivity index (χ3v) is 5.13. The highest BCUT2D eigenvalue weighted by atomic mass is 32.1. The highest BCUT2D eigenvalue weighted by Gasteiger charge is 2.13. The lowest BCUT2D eigenvalue weighted by Crippen LogP contribution is -2.26. The molecule has 162 valence electrons. The third kappa shape index (κ3) is 6.35. The van der Waals surface area contributed by atoms with Crippen molar-refractivity contribution in [2.75, 3.05) is 11.9 Å². The van der Waals surface area contributed by atoms with E-state index >= 15 is 0 Å². The first-order valence-electron chi connectivity index (χ1n) is 9.23. The molecule has 2 aromatic carbocycles. The van der Waals surface area contributed by atoms with Crippen molar-refractivity contribution >= 4 is 28.3 Å². The van der Waals surface area contributed by atoms with E-state index in [0.717, 1.165) is 18.2 Å². The number of carbonyl (C=O) groups is 2. The summed E-state index contributed by atoms with van der Waals surface area (Å²) in [7, 11) is 0. The lowest BCUT2D eigenvalue weighted by Gasteiger charge is -2.06. The quantitative estimate of drug-likeness (QED) is 0.393. The van der Waals surface area contributed by atoms with E-state index in [-0.39, 0.29) is 30.9 Å². The van der Waals surface area contributed by atoms with E-state index in [1.165, 1.54) is 29.7 Å². The van der Waals surface area contributed by atoms with Crippen LogP contribution in [0.3, 0.4) is 0 Å². The molecule has 0 atom stereocenters. The molecule has 0 bridgehead atoms. The van der Waals surface area contributed by atoms with Crippen LogP contribution in [0.15, 0.2) is 42.6 Å². The van der Waals surface area contributed by atoms with Crippen LogP contribution in [0.5, 0.6) is 0 Å². The molecule has 2 N–H and O–H groups in total. The second kappa shape index (κ2) is 10.2. The minimum atomic E-state index is -0.963. The van der Waals surface area contributed by atoms with Gasteiger partial charge in [-0.25, -0.2) is 22.5 Å². The zero-order chi connectivity index (χ0) is 22.4. The zero-order valence-electron chi connectivity index (χ0n) is 16.1. The summed E-state index contributed by atoms with van der Waals surface area (Å²) >= 11 is 1.17. The van der Waals surface area contributed by atoms with Crippen molar-refractivity contribution in [1.29, 1.82) is 0 Å². The maximum atomic E-state index is 13.7. The average molecular weight is 451 g/mol. The van der Waals surface area contributed by atoms with Crippen molar-refractivity contribution in [2.24, 2.45) is 0 Å². The Labute approximate surface area is 179 Å². The molecule has 0 aliphatic carbocycles. The van der Waals surface area contributed by atoms with Crippen LogP contribution in [0.25, 0.3) is 0 Å². The number of nitrogens with one attached hydrogen (secondary N) is 2. The van der Waals surface area contributed by atoms with Crippen LogP contribution in [0.4, 0.5) is 22.7 Å². The molecule has 2 amide bonds. The van der Waals surface area contributed by atoms with Crippen molar-refractivity contribution in [3.8, 4) is 0 Å². The molecule has 0 radical (unpaired) electrons. The summed E-state index contributed by atoms with van der Waals surface area (Å²) in [6, 6.07) is 5.99. The molecule has 3 aromatic rings. The molecule has 31 heavy (non-hydrogen) atoms. The normalized spacial score (nSPS) is 10.7. The maximum absolute atomic E-state index is 13.7. The highest BCUT2D eigenvalue weighted by molar-refractivity contribution is 7.15. The van der Waals surface area contributed by atoms with Gasteiger partial charge >= 0.3 is 0 Å². The number of nitrogens with zero attached hydrogens (tertiary/aromatic N) is 1. The summed E-state index contributed by atoms with van der Waals surface area (Å²) in [4.78, 5) is 28.6.